The van der Waals surface area contributed by atoms with Gasteiger partial charge in [0.2, 0.25) is 11.8 Å². The van der Waals surface area contributed by atoms with E-state index < -0.39 is 18.2 Å². The molecule has 0 aliphatic heterocycles. The van der Waals surface area contributed by atoms with E-state index in [4.69, 9.17) is 9.84 Å². The van der Waals surface area contributed by atoms with E-state index in [1.165, 1.54) is 6.42 Å². The molecule has 0 spiro atoms. The fourth-order valence-electron chi connectivity index (χ4n) is 4.83. The van der Waals surface area contributed by atoms with Crippen molar-refractivity contribution in [3.8, 4) is 5.75 Å². The number of halogens is 1. The molecule has 1 fully saturated rings. The molecule has 8 heteroatoms. The van der Waals surface area contributed by atoms with Crippen LogP contribution >= 0.6 is 22.6 Å². The molecular weight excluding hydrogens is 559 g/mol. The molecule has 1 aromatic rings. The molecule has 3 N–H and O–H groups in total. The van der Waals surface area contributed by atoms with Crippen molar-refractivity contribution in [3.05, 3.63) is 51.1 Å². The summed E-state index contributed by atoms with van der Waals surface area (Å²) in [7, 11) is 0. The fraction of sp³-hybridized carbons (Fsp3) is 0.556. The van der Waals surface area contributed by atoms with Gasteiger partial charge >= 0.3 is 0 Å². The van der Waals surface area contributed by atoms with Gasteiger partial charge in [0.15, 0.2) is 0 Å². The summed E-state index contributed by atoms with van der Waals surface area (Å²) in [4.78, 5) is 28.0. The third-order valence-corrected chi connectivity index (χ3v) is 7.48. The first-order valence-electron chi connectivity index (χ1n) is 12.4. The van der Waals surface area contributed by atoms with Crippen LogP contribution in [0.4, 0.5) is 0 Å². The van der Waals surface area contributed by atoms with Gasteiger partial charge in [0.05, 0.1) is 16.2 Å². The lowest BCUT2D eigenvalue weighted by Gasteiger charge is -2.42. The van der Waals surface area contributed by atoms with Crippen LogP contribution in [-0.2, 0) is 9.59 Å². The number of hydrogen-bond donors (Lipinski definition) is 3. The minimum atomic E-state index is -1.00. The highest BCUT2D eigenvalue weighted by molar-refractivity contribution is 14.1. The standard InChI is InChI=1S/C27H37IN2O5/c1-18(2)14-25(32)30(17-19-8-4-3-5-9-19)22-15-20(27(34)29-12-13-31)16-24(26(22)33)35-23-11-7-6-10-21(23)28/h6-7,10-11,14,16,19,22,24,26,31,33H,3-5,8-9,12-13,15,17H2,1-2H3,(H,29,34)/t22-,24+,26+/m1/s1. The minimum Gasteiger partial charge on any atom is -0.482 e. The van der Waals surface area contributed by atoms with Crippen LogP contribution in [0.3, 0.4) is 0 Å². The van der Waals surface area contributed by atoms with Crippen molar-refractivity contribution in [1.82, 2.24) is 10.2 Å². The smallest absolute Gasteiger partial charge is 0.247 e. The van der Waals surface area contributed by atoms with Crippen molar-refractivity contribution in [2.75, 3.05) is 19.7 Å². The molecule has 0 saturated heterocycles. The molecule has 3 rings (SSSR count). The number of aliphatic hydroxyl groups excluding tert-OH is 2. The molecule has 0 aromatic heterocycles. The molecule has 35 heavy (non-hydrogen) atoms. The van der Waals surface area contributed by atoms with E-state index >= 15 is 0 Å². The Bertz CT molecular complexity index is 937. The van der Waals surface area contributed by atoms with Gasteiger partial charge in [0.1, 0.15) is 18.0 Å². The first-order valence-corrected chi connectivity index (χ1v) is 13.5. The second-order valence-electron chi connectivity index (χ2n) is 9.66. The maximum Gasteiger partial charge on any atom is 0.247 e. The largest absolute Gasteiger partial charge is 0.482 e. The average molecular weight is 597 g/mol. The third-order valence-electron chi connectivity index (χ3n) is 6.59. The minimum absolute atomic E-state index is 0.133. The maximum atomic E-state index is 13.4. The van der Waals surface area contributed by atoms with Gasteiger partial charge in [-0.1, -0.05) is 37.0 Å². The molecular formula is C27H37IN2O5. The maximum absolute atomic E-state index is 13.4. The zero-order valence-corrected chi connectivity index (χ0v) is 22.7. The van der Waals surface area contributed by atoms with Crippen LogP contribution in [0.5, 0.6) is 5.75 Å². The van der Waals surface area contributed by atoms with E-state index in [-0.39, 0.29) is 31.4 Å². The van der Waals surface area contributed by atoms with Crippen LogP contribution < -0.4 is 10.1 Å². The van der Waals surface area contributed by atoms with E-state index in [1.807, 2.05) is 38.1 Å². The zero-order chi connectivity index (χ0) is 25.4. The Kier molecular flexibility index (Phi) is 10.6. The summed E-state index contributed by atoms with van der Waals surface area (Å²) < 4.78 is 7.09. The Balaban J connectivity index is 1.94. The lowest BCUT2D eigenvalue weighted by molar-refractivity contribution is -0.134. The molecule has 0 heterocycles. The summed E-state index contributed by atoms with van der Waals surface area (Å²) in [5.74, 6) is 0.514. The van der Waals surface area contributed by atoms with E-state index in [0.29, 0.717) is 23.8 Å². The summed E-state index contributed by atoms with van der Waals surface area (Å²) in [6.07, 6.45) is 7.31. The second kappa shape index (κ2) is 13.4. The first-order chi connectivity index (χ1) is 16.8. The number of amides is 2. The van der Waals surface area contributed by atoms with Crippen LogP contribution in [0, 0.1) is 9.49 Å². The molecule has 2 aliphatic carbocycles. The number of carbonyl (C=O) groups is 2. The molecule has 0 radical (unpaired) electrons. The van der Waals surface area contributed by atoms with Crippen LogP contribution in [0.1, 0.15) is 52.4 Å². The summed E-state index contributed by atoms with van der Waals surface area (Å²) >= 11 is 2.17. The number of allylic oxidation sites excluding steroid dienone is 1. The Morgan fingerprint density at radius 3 is 2.57 bits per heavy atom. The first kappa shape index (κ1) is 27.7. The molecule has 1 saturated carbocycles. The van der Waals surface area contributed by atoms with Crippen molar-refractivity contribution in [2.24, 2.45) is 5.92 Å². The Morgan fingerprint density at radius 2 is 1.91 bits per heavy atom. The van der Waals surface area contributed by atoms with Crippen LogP contribution in [0.15, 0.2) is 47.6 Å². The molecule has 192 valence electrons. The number of ether oxygens (including phenoxy) is 1. The van der Waals surface area contributed by atoms with E-state index in [1.54, 1.807) is 17.1 Å². The molecule has 0 unspecified atom stereocenters. The molecule has 2 amide bonds. The number of carbonyl (C=O) groups excluding carboxylic acids is 2. The van der Waals surface area contributed by atoms with Crippen LogP contribution in [0.2, 0.25) is 0 Å². The fourth-order valence-corrected chi connectivity index (χ4v) is 5.35. The van der Waals surface area contributed by atoms with Gasteiger partial charge in [0, 0.05) is 31.2 Å². The highest BCUT2D eigenvalue weighted by Gasteiger charge is 2.41. The molecule has 3 atom stereocenters. The summed E-state index contributed by atoms with van der Waals surface area (Å²) in [5.41, 5.74) is 1.33. The Labute approximate surface area is 221 Å². The third kappa shape index (κ3) is 7.79. The number of rotatable bonds is 9. The molecule has 2 aliphatic rings. The number of hydrogen-bond acceptors (Lipinski definition) is 5. The quantitative estimate of drug-likeness (QED) is 0.299. The monoisotopic (exact) mass is 596 g/mol. The van der Waals surface area contributed by atoms with E-state index in [9.17, 15) is 14.7 Å². The SMILES string of the molecule is CC(C)=CC(=O)N(CC1CCCCC1)[C@@H]1CC(C(=O)NCCO)=C[C@H](Oc2ccccc2I)[C@H]1O. The number of para-hydroxylation sites is 1. The number of nitrogens with one attached hydrogen (secondary N) is 1. The highest BCUT2D eigenvalue weighted by atomic mass is 127. The summed E-state index contributed by atoms with van der Waals surface area (Å²) in [6.45, 7) is 4.27. The normalized spacial score (nSPS) is 22.7. The summed E-state index contributed by atoms with van der Waals surface area (Å²) in [5, 5.41) is 23.3. The van der Waals surface area contributed by atoms with Crippen molar-refractivity contribution in [3.63, 3.8) is 0 Å². The van der Waals surface area contributed by atoms with Gasteiger partial charge < -0.3 is 25.2 Å². The van der Waals surface area contributed by atoms with Crippen molar-refractivity contribution in [2.45, 2.75) is 70.6 Å². The molecule has 0 bridgehead atoms. The topological polar surface area (TPSA) is 99.1 Å². The van der Waals surface area contributed by atoms with Gasteiger partial charge in [-0.25, -0.2) is 0 Å². The molecule has 7 nitrogen and oxygen atoms in total. The number of benzene rings is 1. The highest BCUT2D eigenvalue weighted by Crippen LogP contribution is 2.32. The Morgan fingerprint density at radius 1 is 1.20 bits per heavy atom. The van der Waals surface area contributed by atoms with Crippen LogP contribution in [-0.4, -0.2) is 64.9 Å². The van der Waals surface area contributed by atoms with Gasteiger partial charge in [-0.3, -0.25) is 9.59 Å². The average Bonchev–Trinajstić information content (AvgIpc) is 2.84. The van der Waals surface area contributed by atoms with Crippen molar-refractivity contribution in [1.29, 1.82) is 0 Å². The number of aliphatic hydroxyl groups is 2. The number of nitrogens with zero attached hydrogens (tertiary/aromatic N) is 1. The predicted molar refractivity (Wildman–Crippen MR) is 144 cm³/mol. The van der Waals surface area contributed by atoms with Gasteiger partial charge in [-0.2, -0.15) is 0 Å². The molecule has 1 aromatic carbocycles. The lowest BCUT2D eigenvalue weighted by Crippen LogP contribution is -2.56. The van der Waals surface area contributed by atoms with E-state index in [2.05, 4.69) is 27.9 Å². The van der Waals surface area contributed by atoms with Gasteiger partial charge in [-0.05, 0) is 73.4 Å². The predicted octanol–water partition coefficient (Wildman–Crippen LogP) is 3.58. The Hall–Kier alpha value is -1.91. The van der Waals surface area contributed by atoms with Gasteiger partial charge in [0.25, 0.3) is 0 Å². The zero-order valence-electron chi connectivity index (χ0n) is 20.6. The van der Waals surface area contributed by atoms with Crippen molar-refractivity contribution >= 4 is 34.4 Å². The summed E-state index contributed by atoms with van der Waals surface area (Å²) in [6, 6.07) is 6.89. The lowest BCUT2D eigenvalue weighted by atomic mass is 9.85. The van der Waals surface area contributed by atoms with Crippen LogP contribution in [0.25, 0.3) is 0 Å². The van der Waals surface area contributed by atoms with E-state index in [0.717, 1.165) is 34.8 Å². The second-order valence-corrected chi connectivity index (χ2v) is 10.8. The van der Waals surface area contributed by atoms with Gasteiger partial charge in [-0.15, -0.1) is 0 Å². The van der Waals surface area contributed by atoms with Crippen molar-refractivity contribution < 1.29 is 24.5 Å².